The van der Waals surface area contributed by atoms with Crippen LogP contribution in [0.1, 0.15) is 11.1 Å². The molecule has 2 nitrogen and oxygen atoms in total. The van der Waals surface area contributed by atoms with Gasteiger partial charge in [-0.2, -0.15) is 0 Å². The predicted octanol–water partition coefficient (Wildman–Crippen LogP) is 3.08. The predicted molar refractivity (Wildman–Crippen MR) is 82.6 cm³/mol. The minimum absolute atomic E-state index is 0.941. The second kappa shape index (κ2) is 6.95. The van der Waals surface area contributed by atoms with Gasteiger partial charge in [-0.25, -0.2) is 0 Å². The van der Waals surface area contributed by atoms with Crippen LogP contribution in [-0.2, 0) is 13.0 Å². The van der Waals surface area contributed by atoms with Crippen molar-refractivity contribution in [2.75, 3.05) is 25.5 Å². The van der Waals surface area contributed by atoms with Crippen molar-refractivity contribution in [2.45, 2.75) is 13.0 Å². The average molecular weight is 254 g/mol. The molecule has 0 saturated heterocycles. The zero-order chi connectivity index (χ0) is 13.5. The third kappa shape index (κ3) is 4.11. The van der Waals surface area contributed by atoms with E-state index in [4.69, 9.17) is 0 Å². The molecule has 0 spiro atoms. The molecule has 0 unspecified atom stereocenters. The molecule has 0 aliphatic rings. The quantitative estimate of drug-likeness (QED) is 0.852. The van der Waals surface area contributed by atoms with Crippen molar-refractivity contribution in [1.82, 2.24) is 5.32 Å². The Morgan fingerprint density at radius 2 is 1.58 bits per heavy atom. The van der Waals surface area contributed by atoms with Gasteiger partial charge < -0.3 is 10.2 Å². The first kappa shape index (κ1) is 13.6. The summed E-state index contributed by atoms with van der Waals surface area (Å²) in [5.41, 5.74) is 3.98. The number of hydrogen-bond donors (Lipinski definition) is 1. The maximum Gasteiger partial charge on any atom is 0.0426 e. The van der Waals surface area contributed by atoms with E-state index in [0.29, 0.717) is 0 Å². The first-order valence-electron chi connectivity index (χ1n) is 6.78. The standard InChI is InChI=1S/C17H22N2/c1-18-13-12-15-8-10-17(11-9-15)19(2)14-16-6-4-3-5-7-16/h3-11,18H,12-14H2,1-2H3. The van der Waals surface area contributed by atoms with Crippen LogP contribution in [0.2, 0.25) is 0 Å². The van der Waals surface area contributed by atoms with Gasteiger partial charge in [0.05, 0.1) is 0 Å². The molecule has 1 N–H and O–H groups in total. The fraction of sp³-hybridized carbons (Fsp3) is 0.294. The summed E-state index contributed by atoms with van der Waals surface area (Å²) < 4.78 is 0. The van der Waals surface area contributed by atoms with E-state index >= 15 is 0 Å². The monoisotopic (exact) mass is 254 g/mol. The molecule has 0 saturated carbocycles. The second-order valence-corrected chi connectivity index (χ2v) is 4.86. The van der Waals surface area contributed by atoms with Crippen molar-refractivity contribution in [3.05, 3.63) is 65.7 Å². The van der Waals surface area contributed by atoms with Crippen LogP contribution in [0, 0.1) is 0 Å². The summed E-state index contributed by atoms with van der Waals surface area (Å²) in [5.74, 6) is 0. The van der Waals surface area contributed by atoms with Crippen molar-refractivity contribution < 1.29 is 0 Å². The van der Waals surface area contributed by atoms with Gasteiger partial charge in [-0.3, -0.25) is 0 Å². The van der Waals surface area contributed by atoms with E-state index in [9.17, 15) is 0 Å². The van der Waals surface area contributed by atoms with Crippen molar-refractivity contribution in [3.63, 3.8) is 0 Å². The van der Waals surface area contributed by atoms with E-state index in [1.807, 2.05) is 7.05 Å². The number of nitrogens with one attached hydrogen (secondary N) is 1. The largest absolute Gasteiger partial charge is 0.370 e. The first-order valence-corrected chi connectivity index (χ1v) is 6.78. The van der Waals surface area contributed by atoms with E-state index in [-0.39, 0.29) is 0 Å². The van der Waals surface area contributed by atoms with E-state index in [1.54, 1.807) is 0 Å². The minimum Gasteiger partial charge on any atom is -0.370 e. The molecule has 2 rings (SSSR count). The lowest BCUT2D eigenvalue weighted by molar-refractivity contribution is 0.791. The van der Waals surface area contributed by atoms with Crippen LogP contribution in [0.3, 0.4) is 0 Å². The molecule has 0 amide bonds. The molecular weight excluding hydrogens is 232 g/mol. The Hall–Kier alpha value is -1.80. The number of likely N-dealkylation sites (N-methyl/N-ethyl adjacent to an activating group) is 1. The van der Waals surface area contributed by atoms with Crippen molar-refractivity contribution in [1.29, 1.82) is 0 Å². The Labute approximate surface area is 116 Å². The van der Waals surface area contributed by atoms with Crippen LogP contribution in [0.5, 0.6) is 0 Å². The molecule has 2 aromatic rings. The lowest BCUT2D eigenvalue weighted by Gasteiger charge is -2.19. The maximum atomic E-state index is 3.18. The smallest absolute Gasteiger partial charge is 0.0426 e. The molecule has 0 aliphatic carbocycles. The molecule has 0 fully saturated rings. The zero-order valence-corrected chi connectivity index (χ0v) is 11.8. The Balaban J connectivity index is 1.97. The topological polar surface area (TPSA) is 15.3 Å². The molecule has 100 valence electrons. The Morgan fingerprint density at radius 1 is 0.895 bits per heavy atom. The highest BCUT2D eigenvalue weighted by Crippen LogP contribution is 2.16. The number of nitrogens with zero attached hydrogens (tertiary/aromatic N) is 1. The average Bonchev–Trinajstić information content (AvgIpc) is 2.46. The van der Waals surface area contributed by atoms with Gasteiger partial charge in [0.25, 0.3) is 0 Å². The molecule has 0 radical (unpaired) electrons. The third-order valence-electron chi connectivity index (χ3n) is 3.30. The highest BCUT2D eigenvalue weighted by Gasteiger charge is 2.02. The Bertz CT molecular complexity index is 476. The molecule has 0 aromatic heterocycles. The van der Waals surface area contributed by atoms with Crippen LogP contribution in [0.4, 0.5) is 5.69 Å². The van der Waals surface area contributed by atoms with Gasteiger partial charge in [0.1, 0.15) is 0 Å². The normalized spacial score (nSPS) is 10.4. The van der Waals surface area contributed by atoms with Gasteiger partial charge in [0.2, 0.25) is 0 Å². The van der Waals surface area contributed by atoms with Crippen LogP contribution in [0.25, 0.3) is 0 Å². The molecule has 0 heterocycles. The molecule has 2 heteroatoms. The number of hydrogen-bond acceptors (Lipinski definition) is 2. The minimum atomic E-state index is 0.941. The molecule has 0 bridgehead atoms. The molecule has 2 aromatic carbocycles. The highest BCUT2D eigenvalue weighted by molar-refractivity contribution is 5.47. The van der Waals surface area contributed by atoms with E-state index < -0.39 is 0 Å². The summed E-state index contributed by atoms with van der Waals surface area (Å²) >= 11 is 0. The second-order valence-electron chi connectivity index (χ2n) is 4.86. The number of benzene rings is 2. The van der Waals surface area contributed by atoms with Gasteiger partial charge in [0, 0.05) is 19.3 Å². The Kier molecular flexibility index (Phi) is 4.99. The van der Waals surface area contributed by atoms with Crippen molar-refractivity contribution >= 4 is 5.69 Å². The summed E-state index contributed by atoms with van der Waals surface area (Å²) in [7, 11) is 4.12. The lowest BCUT2D eigenvalue weighted by Crippen LogP contribution is -2.16. The van der Waals surface area contributed by atoms with Crippen LogP contribution < -0.4 is 10.2 Å². The van der Waals surface area contributed by atoms with Crippen molar-refractivity contribution in [2.24, 2.45) is 0 Å². The molecule has 0 atom stereocenters. The molecule has 19 heavy (non-hydrogen) atoms. The molecular formula is C17H22N2. The van der Waals surface area contributed by atoms with Gasteiger partial charge >= 0.3 is 0 Å². The van der Waals surface area contributed by atoms with E-state index in [0.717, 1.165) is 19.5 Å². The summed E-state index contributed by atoms with van der Waals surface area (Å²) in [6, 6.07) is 19.4. The van der Waals surface area contributed by atoms with Gasteiger partial charge in [-0.1, -0.05) is 42.5 Å². The van der Waals surface area contributed by atoms with E-state index in [2.05, 4.69) is 71.9 Å². The van der Waals surface area contributed by atoms with Gasteiger partial charge in [-0.15, -0.1) is 0 Å². The third-order valence-corrected chi connectivity index (χ3v) is 3.30. The summed E-state index contributed by atoms with van der Waals surface area (Å²) in [6.45, 7) is 1.97. The maximum absolute atomic E-state index is 3.18. The van der Waals surface area contributed by atoms with Gasteiger partial charge in [0.15, 0.2) is 0 Å². The SMILES string of the molecule is CNCCc1ccc(N(C)Cc2ccccc2)cc1. The van der Waals surface area contributed by atoms with Crippen molar-refractivity contribution in [3.8, 4) is 0 Å². The lowest BCUT2D eigenvalue weighted by atomic mass is 10.1. The Morgan fingerprint density at radius 3 is 2.21 bits per heavy atom. The fourth-order valence-electron chi connectivity index (χ4n) is 2.14. The highest BCUT2D eigenvalue weighted by atomic mass is 15.1. The van der Waals surface area contributed by atoms with Crippen LogP contribution >= 0.6 is 0 Å². The summed E-state index contributed by atoms with van der Waals surface area (Å²) in [6.07, 6.45) is 1.08. The zero-order valence-electron chi connectivity index (χ0n) is 11.8. The van der Waals surface area contributed by atoms with Crippen LogP contribution in [0.15, 0.2) is 54.6 Å². The summed E-state index contributed by atoms with van der Waals surface area (Å²) in [5, 5.41) is 3.18. The molecule has 0 aliphatic heterocycles. The number of anilines is 1. The first-order chi connectivity index (χ1) is 9.29. The van der Waals surface area contributed by atoms with Gasteiger partial charge in [-0.05, 0) is 43.3 Å². The fourth-order valence-corrected chi connectivity index (χ4v) is 2.14. The number of rotatable bonds is 6. The van der Waals surface area contributed by atoms with Crippen LogP contribution in [-0.4, -0.2) is 20.6 Å². The van der Waals surface area contributed by atoms with E-state index in [1.165, 1.54) is 16.8 Å². The summed E-state index contributed by atoms with van der Waals surface area (Å²) in [4.78, 5) is 2.27.